The highest BCUT2D eigenvalue weighted by atomic mass is 16.5. The molecule has 29 heavy (non-hydrogen) atoms. The molecular weight excluding hydrogens is 364 g/mol. The largest absolute Gasteiger partial charge is 0.457 e. The molecule has 5 rings (SSSR count). The van der Waals surface area contributed by atoms with E-state index >= 15 is 0 Å². The monoisotopic (exact) mass is 388 g/mol. The third kappa shape index (κ3) is 3.31. The topological polar surface area (TPSA) is 62.4 Å². The first-order valence-corrected chi connectivity index (χ1v) is 10.2. The molecule has 148 valence electrons. The molecule has 1 N–H and O–H groups in total. The van der Waals surface area contributed by atoms with Crippen LogP contribution in [0.4, 0.5) is 5.69 Å². The highest BCUT2D eigenvalue weighted by Crippen LogP contribution is 2.47. The van der Waals surface area contributed by atoms with E-state index in [0.29, 0.717) is 22.8 Å². The normalized spacial score (nSPS) is 18.1. The first kappa shape index (κ1) is 18.0. The fourth-order valence-electron chi connectivity index (χ4n) is 4.68. The number of nitrogens with zero attached hydrogens (tertiary/aromatic N) is 1. The van der Waals surface area contributed by atoms with Crippen LogP contribution >= 0.6 is 0 Å². The van der Waals surface area contributed by atoms with Crippen molar-refractivity contribution in [1.82, 2.24) is 4.98 Å². The quantitative estimate of drug-likeness (QED) is 0.631. The number of carbonyl (C=O) groups excluding carboxylic acids is 2. The SMILES string of the molecule is CC(=O)c1ccc(N2CCC3(CC2)CC(=O)C3)cc1Oc1ccc2[nH]ccc2c1. The van der Waals surface area contributed by atoms with E-state index in [1.54, 1.807) is 6.92 Å². The number of hydrogen-bond donors (Lipinski definition) is 1. The zero-order chi connectivity index (χ0) is 20.0. The van der Waals surface area contributed by atoms with Crippen LogP contribution < -0.4 is 9.64 Å². The second kappa shape index (κ2) is 6.76. The van der Waals surface area contributed by atoms with Gasteiger partial charge in [-0.15, -0.1) is 0 Å². The lowest BCUT2D eigenvalue weighted by Gasteiger charge is -2.47. The number of nitrogens with one attached hydrogen (secondary N) is 1. The molecule has 2 heterocycles. The summed E-state index contributed by atoms with van der Waals surface area (Å²) in [5.41, 5.74) is 2.95. The van der Waals surface area contributed by atoms with Gasteiger partial charge in [0.2, 0.25) is 0 Å². The summed E-state index contributed by atoms with van der Waals surface area (Å²) in [7, 11) is 0. The van der Waals surface area contributed by atoms with Gasteiger partial charge in [0.15, 0.2) is 5.78 Å². The molecule has 1 aliphatic heterocycles. The van der Waals surface area contributed by atoms with Crippen molar-refractivity contribution in [2.75, 3.05) is 18.0 Å². The number of aromatic nitrogens is 1. The molecule has 1 aliphatic carbocycles. The third-order valence-electron chi connectivity index (χ3n) is 6.43. The van der Waals surface area contributed by atoms with Crippen LogP contribution in [0.25, 0.3) is 10.9 Å². The number of aromatic amines is 1. The number of anilines is 1. The Morgan fingerprint density at radius 2 is 1.86 bits per heavy atom. The zero-order valence-electron chi connectivity index (χ0n) is 16.5. The van der Waals surface area contributed by atoms with E-state index in [4.69, 9.17) is 4.74 Å². The van der Waals surface area contributed by atoms with Gasteiger partial charge in [0.1, 0.15) is 17.3 Å². The molecule has 1 aromatic heterocycles. The molecule has 1 saturated carbocycles. The molecule has 3 aromatic rings. The number of Topliss-reactive ketones (excluding diaryl/α,β-unsaturated/α-hetero) is 2. The predicted molar refractivity (Wildman–Crippen MR) is 113 cm³/mol. The number of benzene rings is 2. The van der Waals surface area contributed by atoms with Gasteiger partial charge in [0.25, 0.3) is 0 Å². The van der Waals surface area contributed by atoms with Crippen LogP contribution in [-0.2, 0) is 4.79 Å². The van der Waals surface area contributed by atoms with Crippen LogP contribution in [-0.4, -0.2) is 29.6 Å². The van der Waals surface area contributed by atoms with Crippen molar-refractivity contribution >= 4 is 28.2 Å². The number of rotatable bonds is 4. The smallest absolute Gasteiger partial charge is 0.163 e. The molecular formula is C24H24N2O3. The van der Waals surface area contributed by atoms with Crippen LogP contribution in [0, 0.1) is 5.41 Å². The maximum absolute atomic E-state index is 12.1. The van der Waals surface area contributed by atoms with Crippen molar-refractivity contribution in [3.63, 3.8) is 0 Å². The fraction of sp³-hybridized carbons (Fsp3) is 0.333. The summed E-state index contributed by atoms with van der Waals surface area (Å²) >= 11 is 0. The van der Waals surface area contributed by atoms with Gasteiger partial charge in [-0.2, -0.15) is 0 Å². The number of ketones is 2. The summed E-state index contributed by atoms with van der Waals surface area (Å²) < 4.78 is 6.16. The van der Waals surface area contributed by atoms with Gasteiger partial charge in [-0.25, -0.2) is 0 Å². The summed E-state index contributed by atoms with van der Waals surface area (Å²) in [5.74, 6) is 1.69. The number of H-pyrrole nitrogens is 1. The van der Waals surface area contributed by atoms with E-state index in [2.05, 4.69) is 9.88 Å². The molecule has 1 spiro atoms. The molecule has 0 amide bonds. The van der Waals surface area contributed by atoms with Gasteiger partial charge < -0.3 is 14.6 Å². The maximum Gasteiger partial charge on any atom is 0.163 e. The van der Waals surface area contributed by atoms with E-state index in [9.17, 15) is 9.59 Å². The van der Waals surface area contributed by atoms with Crippen molar-refractivity contribution < 1.29 is 14.3 Å². The first-order chi connectivity index (χ1) is 14.0. The lowest BCUT2D eigenvalue weighted by atomic mass is 9.62. The molecule has 2 fully saturated rings. The van der Waals surface area contributed by atoms with E-state index in [1.165, 1.54) is 0 Å². The minimum absolute atomic E-state index is 0.0140. The highest BCUT2D eigenvalue weighted by molar-refractivity contribution is 5.97. The summed E-state index contributed by atoms with van der Waals surface area (Å²) in [6.07, 6.45) is 5.50. The summed E-state index contributed by atoms with van der Waals surface area (Å²) in [6.45, 7) is 3.43. The Morgan fingerprint density at radius 1 is 1.07 bits per heavy atom. The predicted octanol–water partition coefficient (Wildman–Crippen LogP) is 5.11. The van der Waals surface area contributed by atoms with Gasteiger partial charge in [0.05, 0.1) is 5.56 Å². The molecule has 5 nitrogen and oxygen atoms in total. The standard InChI is InChI=1S/C24H24N2O3/c1-16(27)21-4-2-18(26-10-7-24(8-11-26)14-19(28)15-24)13-23(21)29-20-3-5-22-17(12-20)6-9-25-22/h2-6,9,12-13,25H,7-8,10-11,14-15H2,1H3. The van der Waals surface area contributed by atoms with E-state index < -0.39 is 0 Å². The molecule has 0 unspecified atom stereocenters. The summed E-state index contributed by atoms with van der Waals surface area (Å²) in [5, 5.41) is 1.07. The fourth-order valence-corrected chi connectivity index (χ4v) is 4.68. The van der Waals surface area contributed by atoms with Gasteiger partial charge in [-0.3, -0.25) is 9.59 Å². The molecule has 2 aromatic carbocycles. The van der Waals surface area contributed by atoms with Crippen LogP contribution in [0.5, 0.6) is 11.5 Å². The first-order valence-electron chi connectivity index (χ1n) is 10.2. The minimum Gasteiger partial charge on any atom is -0.457 e. The van der Waals surface area contributed by atoms with Crippen LogP contribution in [0.1, 0.15) is 43.0 Å². The molecule has 0 radical (unpaired) electrons. The van der Waals surface area contributed by atoms with Gasteiger partial charge in [0, 0.05) is 54.8 Å². The van der Waals surface area contributed by atoms with Crippen LogP contribution in [0.2, 0.25) is 0 Å². The Labute approximate surface area is 169 Å². The van der Waals surface area contributed by atoms with E-state index in [-0.39, 0.29) is 11.2 Å². The maximum atomic E-state index is 12.1. The third-order valence-corrected chi connectivity index (χ3v) is 6.43. The summed E-state index contributed by atoms with van der Waals surface area (Å²) in [6, 6.07) is 13.7. The van der Waals surface area contributed by atoms with Crippen molar-refractivity contribution in [2.45, 2.75) is 32.6 Å². The van der Waals surface area contributed by atoms with Gasteiger partial charge in [-0.1, -0.05) is 0 Å². The van der Waals surface area contributed by atoms with Gasteiger partial charge in [-0.05, 0) is 61.6 Å². The van der Waals surface area contributed by atoms with Crippen molar-refractivity contribution in [3.05, 3.63) is 54.2 Å². The lowest BCUT2D eigenvalue weighted by molar-refractivity contribution is -0.133. The highest BCUT2D eigenvalue weighted by Gasteiger charge is 2.45. The Hall–Kier alpha value is -3.08. The molecule has 0 bridgehead atoms. The van der Waals surface area contributed by atoms with Crippen molar-refractivity contribution in [3.8, 4) is 11.5 Å². The minimum atomic E-state index is -0.0140. The van der Waals surface area contributed by atoms with Crippen LogP contribution in [0.15, 0.2) is 48.7 Å². The Bertz CT molecular complexity index is 1100. The second-order valence-electron chi connectivity index (χ2n) is 8.44. The molecule has 2 aliphatic rings. The molecule has 1 saturated heterocycles. The van der Waals surface area contributed by atoms with Crippen molar-refractivity contribution in [2.24, 2.45) is 5.41 Å². The van der Waals surface area contributed by atoms with Gasteiger partial charge >= 0.3 is 0 Å². The lowest BCUT2D eigenvalue weighted by Crippen LogP contribution is -2.47. The Balaban J connectivity index is 1.40. The molecule has 5 heteroatoms. The number of fused-ring (bicyclic) bond motifs is 1. The Morgan fingerprint density at radius 3 is 2.59 bits per heavy atom. The second-order valence-corrected chi connectivity index (χ2v) is 8.44. The van der Waals surface area contributed by atoms with E-state index in [0.717, 1.165) is 55.4 Å². The number of ether oxygens (including phenoxy) is 1. The Kier molecular flexibility index (Phi) is 4.19. The summed E-state index contributed by atoms with van der Waals surface area (Å²) in [4.78, 5) is 29.1. The average Bonchev–Trinajstić information content (AvgIpc) is 3.15. The number of hydrogen-bond acceptors (Lipinski definition) is 4. The average molecular weight is 388 g/mol. The molecule has 0 atom stereocenters. The van der Waals surface area contributed by atoms with Crippen molar-refractivity contribution in [1.29, 1.82) is 0 Å². The zero-order valence-corrected chi connectivity index (χ0v) is 16.5. The van der Waals surface area contributed by atoms with E-state index in [1.807, 2.05) is 48.7 Å². The number of piperidine rings is 1. The van der Waals surface area contributed by atoms with Crippen LogP contribution in [0.3, 0.4) is 0 Å². The number of carbonyl (C=O) groups is 2.